The minimum Gasteiger partial charge on any atom is -0.488 e. The summed E-state index contributed by atoms with van der Waals surface area (Å²) in [5, 5.41) is 1.13. The van der Waals surface area contributed by atoms with E-state index in [1.807, 2.05) is 24.4 Å². The number of hydrogen-bond donors (Lipinski definition) is 1. The van der Waals surface area contributed by atoms with Gasteiger partial charge in [0.15, 0.2) is 0 Å². The Morgan fingerprint density at radius 2 is 2.11 bits per heavy atom. The molecule has 2 atom stereocenters. The first-order valence-corrected chi connectivity index (χ1v) is 6.57. The van der Waals surface area contributed by atoms with Crippen molar-refractivity contribution in [1.29, 1.82) is 0 Å². The summed E-state index contributed by atoms with van der Waals surface area (Å²) < 4.78 is 6.10. The molecule has 0 bridgehead atoms. The van der Waals surface area contributed by atoms with Crippen LogP contribution in [0.4, 0.5) is 0 Å². The van der Waals surface area contributed by atoms with Gasteiger partial charge in [0.1, 0.15) is 11.3 Å². The molecule has 3 nitrogen and oxygen atoms in total. The molecule has 1 aliphatic rings. The van der Waals surface area contributed by atoms with Gasteiger partial charge < -0.3 is 10.5 Å². The Labute approximate surface area is 107 Å². The lowest BCUT2D eigenvalue weighted by molar-refractivity contribution is 0.207. The molecule has 1 aromatic carbocycles. The first-order valence-electron chi connectivity index (χ1n) is 6.57. The van der Waals surface area contributed by atoms with Crippen LogP contribution >= 0.6 is 0 Å². The second-order valence-electron chi connectivity index (χ2n) is 4.99. The molecule has 94 valence electrons. The molecule has 18 heavy (non-hydrogen) atoms. The highest BCUT2D eigenvalue weighted by Crippen LogP contribution is 2.31. The minimum absolute atomic E-state index is 0.297. The van der Waals surface area contributed by atoms with E-state index in [4.69, 9.17) is 10.5 Å². The predicted molar refractivity (Wildman–Crippen MR) is 72.6 cm³/mol. The number of hydrogen-bond acceptors (Lipinski definition) is 3. The molecule has 2 aromatic rings. The van der Waals surface area contributed by atoms with Crippen LogP contribution < -0.4 is 10.5 Å². The largest absolute Gasteiger partial charge is 0.488 e. The topological polar surface area (TPSA) is 48.1 Å². The van der Waals surface area contributed by atoms with E-state index in [-0.39, 0.29) is 0 Å². The predicted octanol–water partition coefficient (Wildman–Crippen LogP) is 2.74. The second-order valence-corrected chi connectivity index (χ2v) is 4.99. The van der Waals surface area contributed by atoms with Crippen molar-refractivity contribution < 1.29 is 4.74 Å². The van der Waals surface area contributed by atoms with Gasteiger partial charge in [0.25, 0.3) is 0 Å². The number of pyridine rings is 1. The molecule has 0 spiro atoms. The first-order chi connectivity index (χ1) is 8.86. The molecule has 1 heterocycles. The number of ether oxygens (including phenoxy) is 1. The van der Waals surface area contributed by atoms with E-state index in [0.717, 1.165) is 36.0 Å². The molecule has 1 aliphatic carbocycles. The Balaban J connectivity index is 1.83. The van der Waals surface area contributed by atoms with Gasteiger partial charge in [-0.05, 0) is 43.9 Å². The lowest BCUT2D eigenvalue weighted by atomic mass is 10.1. The number of benzene rings is 1. The van der Waals surface area contributed by atoms with Crippen LogP contribution in [-0.2, 0) is 0 Å². The van der Waals surface area contributed by atoms with Gasteiger partial charge in [-0.1, -0.05) is 18.2 Å². The van der Waals surface area contributed by atoms with Crippen LogP contribution in [0.3, 0.4) is 0 Å². The second kappa shape index (κ2) is 4.94. The lowest BCUT2D eigenvalue weighted by Gasteiger charge is -2.15. The summed E-state index contributed by atoms with van der Waals surface area (Å²) in [6.07, 6.45) is 5.46. The molecular formula is C15H18N2O. The van der Waals surface area contributed by atoms with E-state index >= 15 is 0 Å². The maximum Gasteiger partial charge on any atom is 0.145 e. The van der Waals surface area contributed by atoms with Crippen molar-refractivity contribution in [2.24, 2.45) is 11.7 Å². The van der Waals surface area contributed by atoms with E-state index in [0.29, 0.717) is 12.0 Å². The number of nitrogens with zero attached hydrogens (tertiary/aromatic N) is 1. The van der Waals surface area contributed by atoms with Crippen molar-refractivity contribution >= 4 is 10.9 Å². The number of aromatic nitrogens is 1. The van der Waals surface area contributed by atoms with Gasteiger partial charge in [0, 0.05) is 11.6 Å². The smallest absolute Gasteiger partial charge is 0.145 e. The number of fused-ring (bicyclic) bond motifs is 1. The van der Waals surface area contributed by atoms with Gasteiger partial charge in [0.05, 0.1) is 6.10 Å². The summed E-state index contributed by atoms with van der Waals surface area (Å²) in [6, 6.07) is 10.1. The van der Waals surface area contributed by atoms with Crippen LogP contribution in [0, 0.1) is 5.92 Å². The third kappa shape index (κ3) is 2.18. The van der Waals surface area contributed by atoms with Crippen LogP contribution in [0.5, 0.6) is 5.75 Å². The van der Waals surface area contributed by atoms with Crippen molar-refractivity contribution in [3.8, 4) is 5.75 Å². The fourth-order valence-corrected chi connectivity index (χ4v) is 2.70. The maximum absolute atomic E-state index is 6.10. The molecule has 0 radical (unpaired) electrons. The van der Waals surface area contributed by atoms with Crippen LogP contribution in [0.25, 0.3) is 10.9 Å². The highest BCUT2D eigenvalue weighted by molar-refractivity contribution is 5.84. The standard InChI is InChI=1S/C15H18N2O/c16-10-11-6-7-13(9-11)18-14-5-1-3-12-4-2-8-17-15(12)14/h1-5,8,11,13H,6-7,9-10,16H2. The summed E-state index contributed by atoms with van der Waals surface area (Å²) in [6.45, 7) is 0.771. The highest BCUT2D eigenvalue weighted by atomic mass is 16.5. The molecule has 3 heteroatoms. The normalized spacial score (nSPS) is 23.4. The molecule has 1 saturated carbocycles. The third-order valence-corrected chi connectivity index (χ3v) is 3.72. The number of rotatable bonds is 3. The highest BCUT2D eigenvalue weighted by Gasteiger charge is 2.25. The van der Waals surface area contributed by atoms with E-state index in [9.17, 15) is 0 Å². The Bertz CT molecular complexity index is 536. The van der Waals surface area contributed by atoms with Crippen LogP contribution in [-0.4, -0.2) is 17.6 Å². The van der Waals surface area contributed by atoms with E-state index in [1.54, 1.807) is 0 Å². The summed E-state index contributed by atoms with van der Waals surface area (Å²) in [5.41, 5.74) is 6.67. The van der Waals surface area contributed by atoms with Gasteiger partial charge in [-0.3, -0.25) is 4.98 Å². The van der Waals surface area contributed by atoms with Crippen molar-refractivity contribution in [2.75, 3.05) is 6.54 Å². The third-order valence-electron chi connectivity index (χ3n) is 3.72. The molecule has 1 fully saturated rings. The molecule has 0 saturated heterocycles. The van der Waals surface area contributed by atoms with Gasteiger partial charge in [-0.2, -0.15) is 0 Å². The number of nitrogens with two attached hydrogens (primary N) is 1. The van der Waals surface area contributed by atoms with Crippen molar-refractivity contribution in [2.45, 2.75) is 25.4 Å². The Kier molecular flexibility index (Phi) is 3.15. The molecule has 2 unspecified atom stereocenters. The molecule has 3 rings (SSSR count). The first kappa shape index (κ1) is 11.5. The van der Waals surface area contributed by atoms with Crippen molar-refractivity contribution in [1.82, 2.24) is 4.98 Å². The molecule has 0 aliphatic heterocycles. The van der Waals surface area contributed by atoms with Gasteiger partial charge >= 0.3 is 0 Å². The van der Waals surface area contributed by atoms with Gasteiger partial charge in [-0.15, -0.1) is 0 Å². The zero-order valence-corrected chi connectivity index (χ0v) is 10.4. The van der Waals surface area contributed by atoms with E-state index in [1.165, 1.54) is 6.42 Å². The SMILES string of the molecule is NCC1CCC(Oc2cccc3cccnc23)C1. The Morgan fingerprint density at radius 3 is 2.94 bits per heavy atom. The molecular weight excluding hydrogens is 224 g/mol. The van der Waals surface area contributed by atoms with Crippen molar-refractivity contribution in [3.05, 3.63) is 36.5 Å². The summed E-state index contributed by atoms with van der Waals surface area (Å²) in [7, 11) is 0. The van der Waals surface area contributed by atoms with E-state index < -0.39 is 0 Å². The minimum atomic E-state index is 0.297. The zero-order valence-electron chi connectivity index (χ0n) is 10.4. The maximum atomic E-state index is 6.10. The van der Waals surface area contributed by atoms with Crippen molar-refractivity contribution in [3.63, 3.8) is 0 Å². The van der Waals surface area contributed by atoms with Crippen LogP contribution in [0.15, 0.2) is 36.5 Å². The Morgan fingerprint density at radius 1 is 1.22 bits per heavy atom. The van der Waals surface area contributed by atoms with E-state index in [2.05, 4.69) is 17.1 Å². The molecule has 0 amide bonds. The average Bonchev–Trinajstić information content (AvgIpc) is 2.87. The molecule has 2 N–H and O–H groups in total. The quantitative estimate of drug-likeness (QED) is 0.900. The Hall–Kier alpha value is -1.61. The summed E-state index contributed by atoms with van der Waals surface area (Å²) >= 11 is 0. The zero-order chi connectivity index (χ0) is 12.4. The van der Waals surface area contributed by atoms with Crippen LogP contribution in [0.2, 0.25) is 0 Å². The van der Waals surface area contributed by atoms with Gasteiger partial charge in [0.2, 0.25) is 0 Å². The summed E-state index contributed by atoms with van der Waals surface area (Å²) in [5.74, 6) is 1.52. The summed E-state index contributed by atoms with van der Waals surface area (Å²) in [4.78, 5) is 4.41. The fourth-order valence-electron chi connectivity index (χ4n) is 2.70. The molecule has 1 aromatic heterocycles. The van der Waals surface area contributed by atoms with Crippen LogP contribution in [0.1, 0.15) is 19.3 Å². The fraction of sp³-hybridized carbons (Fsp3) is 0.400. The van der Waals surface area contributed by atoms with Gasteiger partial charge in [-0.25, -0.2) is 0 Å². The monoisotopic (exact) mass is 242 g/mol. The average molecular weight is 242 g/mol. The lowest BCUT2D eigenvalue weighted by Crippen LogP contribution is -2.16. The number of para-hydroxylation sites is 1.